The molecule has 1 atom stereocenters. The Hall–Kier alpha value is -2.57. The average molecular weight is 331 g/mol. The van der Waals surface area contributed by atoms with Gasteiger partial charge in [0.2, 0.25) is 11.8 Å². The second-order valence-electron chi connectivity index (χ2n) is 5.94. The first-order valence-electron chi connectivity index (χ1n) is 8.17. The van der Waals surface area contributed by atoms with Gasteiger partial charge < -0.3 is 21.3 Å². The van der Waals surface area contributed by atoms with E-state index < -0.39 is 0 Å². The van der Waals surface area contributed by atoms with E-state index in [1.807, 2.05) is 30.3 Å². The molecule has 24 heavy (non-hydrogen) atoms. The van der Waals surface area contributed by atoms with Crippen LogP contribution in [0, 0.1) is 5.92 Å². The Labute approximate surface area is 142 Å². The predicted octanol–water partition coefficient (Wildman–Crippen LogP) is 0.788. The monoisotopic (exact) mass is 331 g/mol. The summed E-state index contributed by atoms with van der Waals surface area (Å²) in [5.74, 6) is 0.514. The molecular formula is C17H25N5O2. The van der Waals surface area contributed by atoms with Gasteiger partial charge in [-0.05, 0) is 30.9 Å². The number of nitrogens with zero attached hydrogens (tertiary/aromatic N) is 2. The van der Waals surface area contributed by atoms with E-state index in [0.717, 1.165) is 31.6 Å². The highest BCUT2D eigenvalue weighted by atomic mass is 16.2. The van der Waals surface area contributed by atoms with E-state index >= 15 is 0 Å². The van der Waals surface area contributed by atoms with Crippen molar-refractivity contribution in [3.05, 3.63) is 30.3 Å². The largest absolute Gasteiger partial charge is 0.370 e. The van der Waals surface area contributed by atoms with Crippen molar-refractivity contribution in [2.75, 3.05) is 32.0 Å². The van der Waals surface area contributed by atoms with Crippen LogP contribution in [-0.2, 0) is 9.59 Å². The first-order chi connectivity index (χ1) is 11.6. The summed E-state index contributed by atoms with van der Waals surface area (Å²) in [6.45, 7) is 1.72. The highest BCUT2D eigenvalue weighted by Crippen LogP contribution is 2.19. The number of carbonyl (C=O) groups excluding carboxylic acids is 2. The Morgan fingerprint density at radius 3 is 2.75 bits per heavy atom. The second-order valence-corrected chi connectivity index (χ2v) is 5.94. The van der Waals surface area contributed by atoms with Crippen LogP contribution in [0.4, 0.5) is 5.69 Å². The van der Waals surface area contributed by atoms with E-state index in [9.17, 15) is 9.59 Å². The minimum Gasteiger partial charge on any atom is -0.370 e. The highest BCUT2D eigenvalue weighted by molar-refractivity contribution is 5.95. The summed E-state index contributed by atoms with van der Waals surface area (Å²) in [6, 6.07) is 9.31. The molecule has 0 spiro atoms. The second kappa shape index (κ2) is 8.90. The number of primary amides is 1. The van der Waals surface area contributed by atoms with Crippen molar-refractivity contribution in [2.45, 2.75) is 19.3 Å². The number of benzene rings is 1. The Balaban J connectivity index is 1.83. The zero-order valence-electron chi connectivity index (χ0n) is 14.0. The SMILES string of the molecule is CN=C(NCC(=O)Nc1ccccc1)N1CCCC(CC(N)=O)C1. The molecule has 2 amide bonds. The summed E-state index contributed by atoms with van der Waals surface area (Å²) < 4.78 is 0. The molecule has 0 radical (unpaired) electrons. The Morgan fingerprint density at radius 1 is 1.33 bits per heavy atom. The maximum atomic E-state index is 12.0. The van der Waals surface area contributed by atoms with Gasteiger partial charge >= 0.3 is 0 Å². The smallest absolute Gasteiger partial charge is 0.243 e. The standard InChI is InChI=1S/C17H25N5O2/c1-19-17(22-9-5-6-13(12-22)10-15(18)23)20-11-16(24)21-14-7-3-2-4-8-14/h2-4,7-8,13H,5-6,9-12H2,1H3,(H2,18,23)(H,19,20)(H,21,24). The molecule has 0 aromatic heterocycles. The van der Waals surface area contributed by atoms with E-state index in [0.29, 0.717) is 12.4 Å². The van der Waals surface area contributed by atoms with E-state index in [1.54, 1.807) is 7.05 Å². The molecule has 0 saturated carbocycles. The van der Waals surface area contributed by atoms with Crippen LogP contribution >= 0.6 is 0 Å². The molecule has 1 aromatic carbocycles. The molecule has 1 heterocycles. The number of piperidine rings is 1. The molecule has 1 aromatic rings. The third-order valence-corrected chi connectivity index (χ3v) is 3.98. The number of likely N-dealkylation sites (tertiary alicyclic amines) is 1. The number of carbonyl (C=O) groups is 2. The molecule has 1 fully saturated rings. The fourth-order valence-corrected chi connectivity index (χ4v) is 2.93. The molecule has 0 bridgehead atoms. The molecule has 4 N–H and O–H groups in total. The van der Waals surface area contributed by atoms with Crippen molar-refractivity contribution in [3.8, 4) is 0 Å². The van der Waals surface area contributed by atoms with Crippen molar-refractivity contribution in [2.24, 2.45) is 16.6 Å². The quantitative estimate of drug-likeness (QED) is 0.548. The number of hydrogen-bond acceptors (Lipinski definition) is 3. The number of nitrogens with one attached hydrogen (secondary N) is 2. The Bertz CT molecular complexity index is 588. The van der Waals surface area contributed by atoms with E-state index in [4.69, 9.17) is 5.73 Å². The van der Waals surface area contributed by atoms with Gasteiger partial charge in [-0.25, -0.2) is 0 Å². The minimum absolute atomic E-state index is 0.131. The number of amides is 2. The Morgan fingerprint density at radius 2 is 2.08 bits per heavy atom. The molecule has 130 valence electrons. The lowest BCUT2D eigenvalue weighted by Crippen LogP contribution is -2.48. The third-order valence-electron chi connectivity index (χ3n) is 3.98. The van der Waals surface area contributed by atoms with Crippen LogP contribution in [0.5, 0.6) is 0 Å². The molecular weight excluding hydrogens is 306 g/mol. The summed E-state index contributed by atoms with van der Waals surface area (Å²) in [4.78, 5) is 29.4. The van der Waals surface area contributed by atoms with E-state index in [1.165, 1.54) is 0 Å². The maximum absolute atomic E-state index is 12.0. The Kier molecular flexibility index (Phi) is 6.60. The zero-order valence-corrected chi connectivity index (χ0v) is 14.0. The number of anilines is 1. The average Bonchev–Trinajstić information content (AvgIpc) is 2.56. The molecule has 0 aliphatic carbocycles. The van der Waals surface area contributed by atoms with Crippen LogP contribution < -0.4 is 16.4 Å². The van der Waals surface area contributed by atoms with Crippen LogP contribution in [0.15, 0.2) is 35.3 Å². The molecule has 7 heteroatoms. The van der Waals surface area contributed by atoms with Crippen molar-refractivity contribution in [1.29, 1.82) is 0 Å². The highest BCUT2D eigenvalue weighted by Gasteiger charge is 2.23. The van der Waals surface area contributed by atoms with Gasteiger partial charge in [-0.2, -0.15) is 0 Å². The number of rotatable bonds is 5. The predicted molar refractivity (Wildman–Crippen MR) is 94.5 cm³/mol. The van der Waals surface area contributed by atoms with Crippen molar-refractivity contribution >= 4 is 23.5 Å². The topological polar surface area (TPSA) is 99.8 Å². The number of nitrogens with two attached hydrogens (primary N) is 1. The van der Waals surface area contributed by atoms with E-state index in [-0.39, 0.29) is 24.3 Å². The molecule has 1 aliphatic heterocycles. The first-order valence-corrected chi connectivity index (χ1v) is 8.17. The minimum atomic E-state index is -0.271. The van der Waals surface area contributed by atoms with Gasteiger partial charge in [0.05, 0.1) is 6.54 Å². The lowest BCUT2D eigenvalue weighted by Gasteiger charge is -2.34. The van der Waals surface area contributed by atoms with Crippen LogP contribution in [-0.4, -0.2) is 49.4 Å². The van der Waals surface area contributed by atoms with Gasteiger partial charge in [0.1, 0.15) is 0 Å². The maximum Gasteiger partial charge on any atom is 0.243 e. The summed E-state index contributed by atoms with van der Waals surface area (Å²) in [7, 11) is 1.69. The van der Waals surface area contributed by atoms with Crippen LogP contribution in [0.25, 0.3) is 0 Å². The van der Waals surface area contributed by atoms with Crippen molar-refractivity contribution in [1.82, 2.24) is 10.2 Å². The van der Waals surface area contributed by atoms with E-state index in [2.05, 4.69) is 20.5 Å². The summed E-state index contributed by atoms with van der Waals surface area (Å²) in [5, 5.41) is 5.90. The molecule has 1 saturated heterocycles. The van der Waals surface area contributed by atoms with Crippen LogP contribution in [0.2, 0.25) is 0 Å². The van der Waals surface area contributed by atoms with Gasteiger partial charge in [-0.1, -0.05) is 18.2 Å². The summed E-state index contributed by atoms with van der Waals surface area (Å²) >= 11 is 0. The summed E-state index contributed by atoms with van der Waals surface area (Å²) in [5.41, 5.74) is 6.06. The van der Waals surface area contributed by atoms with Gasteiger partial charge in [0, 0.05) is 32.2 Å². The lowest BCUT2D eigenvalue weighted by molar-refractivity contribution is -0.119. The van der Waals surface area contributed by atoms with Gasteiger partial charge in [-0.3, -0.25) is 14.6 Å². The summed E-state index contributed by atoms with van der Waals surface area (Å²) in [6.07, 6.45) is 2.36. The number of aliphatic imine (C=N–C) groups is 1. The fraction of sp³-hybridized carbons (Fsp3) is 0.471. The first kappa shape index (κ1) is 17.8. The number of para-hydroxylation sites is 1. The molecule has 7 nitrogen and oxygen atoms in total. The fourth-order valence-electron chi connectivity index (χ4n) is 2.93. The number of guanidine groups is 1. The van der Waals surface area contributed by atoms with Gasteiger partial charge in [0.15, 0.2) is 5.96 Å². The lowest BCUT2D eigenvalue weighted by atomic mass is 9.95. The third kappa shape index (κ3) is 5.57. The van der Waals surface area contributed by atoms with Crippen molar-refractivity contribution < 1.29 is 9.59 Å². The van der Waals surface area contributed by atoms with Gasteiger partial charge in [-0.15, -0.1) is 0 Å². The van der Waals surface area contributed by atoms with Crippen molar-refractivity contribution in [3.63, 3.8) is 0 Å². The number of hydrogen-bond donors (Lipinski definition) is 3. The molecule has 2 rings (SSSR count). The normalized spacial score (nSPS) is 18.1. The van der Waals surface area contributed by atoms with Crippen LogP contribution in [0.1, 0.15) is 19.3 Å². The van der Waals surface area contributed by atoms with Gasteiger partial charge in [0.25, 0.3) is 0 Å². The zero-order chi connectivity index (χ0) is 17.4. The van der Waals surface area contributed by atoms with Crippen LogP contribution in [0.3, 0.4) is 0 Å². The molecule has 1 aliphatic rings. The molecule has 1 unspecified atom stereocenters.